The molecule has 1 saturated carbocycles. The van der Waals surface area contributed by atoms with Crippen molar-refractivity contribution >= 4 is 0 Å². The minimum Gasteiger partial charge on any atom is -0.310 e. The predicted molar refractivity (Wildman–Crippen MR) is 71.7 cm³/mol. The first-order valence-corrected chi connectivity index (χ1v) is 6.56. The minimum absolute atomic E-state index is 0.398. The molecule has 1 aliphatic rings. The Kier molecular flexibility index (Phi) is 3.03. The van der Waals surface area contributed by atoms with Crippen LogP contribution in [0, 0.1) is 16.7 Å². The van der Waals surface area contributed by atoms with Gasteiger partial charge in [-0.1, -0.05) is 40.7 Å². The molecule has 0 bridgehead atoms. The van der Waals surface area contributed by atoms with Crippen molar-refractivity contribution < 1.29 is 0 Å². The summed E-state index contributed by atoms with van der Waals surface area (Å²) in [7, 11) is 0. The van der Waals surface area contributed by atoms with Gasteiger partial charge in [-0.25, -0.2) is 0 Å². The molecule has 1 aromatic rings. The molecule has 1 N–H and O–H groups in total. The van der Waals surface area contributed by atoms with Gasteiger partial charge in [0.1, 0.15) is 0 Å². The fraction of sp³-hybridized carbons (Fsp3) is 0.667. The van der Waals surface area contributed by atoms with Crippen molar-refractivity contribution in [3.8, 4) is 0 Å². The normalized spacial score (nSPS) is 23.4. The summed E-state index contributed by atoms with van der Waals surface area (Å²) in [5.74, 6) is 0.680. The Morgan fingerprint density at radius 3 is 2.35 bits per heavy atom. The highest BCUT2D eigenvalue weighted by atomic mass is 15.0. The van der Waals surface area contributed by atoms with Gasteiger partial charge in [0.05, 0.1) is 0 Å². The zero-order valence-corrected chi connectivity index (χ0v) is 11.6. The van der Waals surface area contributed by atoms with Crippen molar-refractivity contribution in [2.24, 2.45) is 16.7 Å². The number of rotatable bonds is 4. The Morgan fingerprint density at radius 1 is 1.29 bits per heavy atom. The van der Waals surface area contributed by atoms with Crippen molar-refractivity contribution in [3.05, 3.63) is 30.1 Å². The van der Waals surface area contributed by atoms with E-state index in [9.17, 15) is 0 Å². The first-order valence-electron chi connectivity index (χ1n) is 6.56. The SMILES string of the molecule is CCNC(c1cccnc1)C1C(C)(C)C1(C)C. The highest BCUT2D eigenvalue weighted by Crippen LogP contribution is 2.72. The van der Waals surface area contributed by atoms with E-state index in [1.165, 1.54) is 5.56 Å². The highest BCUT2D eigenvalue weighted by molar-refractivity contribution is 5.25. The fourth-order valence-corrected chi connectivity index (χ4v) is 3.29. The summed E-state index contributed by atoms with van der Waals surface area (Å²) in [6, 6.07) is 4.64. The molecule has 1 aliphatic carbocycles. The monoisotopic (exact) mass is 232 g/mol. The highest BCUT2D eigenvalue weighted by Gasteiger charge is 2.67. The smallest absolute Gasteiger partial charge is 0.0374 e. The molecule has 0 spiro atoms. The quantitative estimate of drug-likeness (QED) is 0.860. The van der Waals surface area contributed by atoms with Gasteiger partial charge >= 0.3 is 0 Å². The van der Waals surface area contributed by atoms with Gasteiger partial charge in [-0.2, -0.15) is 0 Å². The van der Waals surface area contributed by atoms with E-state index >= 15 is 0 Å². The van der Waals surface area contributed by atoms with Crippen LogP contribution < -0.4 is 5.32 Å². The van der Waals surface area contributed by atoms with E-state index < -0.39 is 0 Å². The summed E-state index contributed by atoms with van der Waals surface area (Å²) >= 11 is 0. The van der Waals surface area contributed by atoms with Crippen molar-refractivity contribution in [1.82, 2.24) is 10.3 Å². The average molecular weight is 232 g/mol. The van der Waals surface area contributed by atoms with Crippen LogP contribution in [0.2, 0.25) is 0 Å². The standard InChI is InChI=1S/C15H24N2/c1-6-17-12(11-8-7-9-16-10-11)13-14(2,3)15(13,4)5/h7-10,12-13,17H,6H2,1-5H3. The predicted octanol–water partition coefficient (Wildman–Crippen LogP) is 3.41. The van der Waals surface area contributed by atoms with Crippen LogP contribution in [-0.4, -0.2) is 11.5 Å². The van der Waals surface area contributed by atoms with Crippen molar-refractivity contribution in [2.75, 3.05) is 6.54 Å². The third-order valence-electron chi connectivity index (χ3n) is 4.93. The van der Waals surface area contributed by atoms with Crippen LogP contribution >= 0.6 is 0 Å². The molecule has 94 valence electrons. The molecule has 1 aromatic heterocycles. The van der Waals surface area contributed by atoms with Gasteiger partial charge < -0.3 is 5.32 Å². The molecule has 0 aromatic carbocycles. The van der Waals surface area contributed by atoms with Crippen LogP contribution in [-0.2, 0) is 0 Å². The molecule has 1 fully saturated rings. The minimum atomic E-state index is 0.398. The lowest BCUT2D eigenvalue weighted by Gasteiger charge is -2.20. The molecule has 0 aliphatic heterocycles. The maximum absolute atomic E-state index is 4.25. The van der Waals surface area contributed by atoms with Crippen LogP contribution in [0.4, 0.5) is 0 Å². The Balaban J connectivity index is 2.27. The van der Waals surface area contributed by atoms with Gasteiger partial charge in [0.2, 0.25) is 0 Å². The van der Waals surface area contributed by atoms with E-state index in [-0.39, 0.29) is 0 Å². The first-order chi connectivity index (χ1) is 7.93. The van der Waals surface area contributed by atoms with Crippen molar-refractivity contribution in [1.29, 1.82) is 0 Å². The largest absolute Gasteiger partial charge is 0.310 e. The lowest BCUT2D eigenvalue weighted by Crippen LogP contribution is -2.25. The topological polar surface area (TPSA) is 24.9 Å². The Bertz CT molecular complexity index is 367. The van der Waals surface area contributed by atoms with Gasteiger partial charge in [-0.3, -0.25) is 4.98 Å². The lowest BCUT2D eigenvalue weighted by molar-refractivity contribution is 0.417. The molecule has 2 rings (SSSR count). The zero-order valence-electron chi connectivity index (χ0n) is 11.6. The van der Waals surface area contributed by atoms with Crippen LogP contribution in [0.3, 0.4) is 0 Å². The second kappa shape index (κ2) is 4.09. The van der Waals surface area contributed by atoms with Gasteiger partial charge in [-0.05, 0) is 34.9 Å². The van der Waals surface area contributed by atoms with Gasteiger partial charge in [-0.15, -0.1) is 0 Å². The van der Waals surface area contributed by atoms with Crippen LogP contribution in [0.15, 0.2) is 24.5 Å². The number of aromatic nitrogens is 1. The van der Waals surface area contributed by atoms with Gasteiger partial charge in [0, 0.05) is 18.4 Å². The third-order valence-corrected chi connectivity index (χ3v) is 4.93. The molecular weight excluding hydrogens is 208 g/mol. The number of nitrogens with zero attached hydrogens (tertiary/aromatic N) is 1. The number of nitrogens with one attached hydrogen (secondary N) is 1. The Morgan fingerprint density at radius 2 is 1.94 bits per heavy atom. The van der Waals surface area contributed by atoms with Crippen molar-refractivity contribution in [3.63, 3.8) is 0 Å². The molecule has 17 heavy (non-hydrogen) atoms. The maximum atomic E-state index is 4.25. The maximum Gasteiger partial charge on any atom is 0.0374 e. The number of pyridine rings is 1. The molecule has 1 heterocycles. The summed E-state index contributed by atoms with van der Waals surface area (Å²) in [6.45, 7) is 12.7. The first kappa shape index (κ1) is 12.6. The summed E-state index contributed by atoms with van der Waals surface area (Å²) in [5, 5.41) is 3.63. The van der Waals surface area contributed by atoms with Gasteiger partial charge in [0.25, 0.3) is 0 Å². The molecule has 2 nitrogen and oxygen atoms in total. The molecular formula is C15H24N2. The number of hydrogen-bond acceptors (Lipinski definition) is 2. The fourth-order valence-electron chi connectivity index (χ4n) is 3.29. The summed E-state index contributed by atoms with van der Waals surface area (Å²) in [6.07, 6.45) is 3.84. The summed E-state index contributed by atoms with van der Waals surface area (Å²) in [5.41, 5.74) is 2.11. The lowest BCUT2D eigenvalue weighted by atomic mass is 9.98. The molecule has 0 radical (unpaired) electrons. The zero-order chi connectivity index (χ0) is 12.7. The van der Waals surface area contributed by atoms with E-state index in [0.717, 1.165) is 6.54 Å². The molecule has 1 unspecified atom stereocenters. The second-order valence-electron chi connectivity index (χ2n) is 6.24. The average Bonchev–Trinajstić information content (AvgIpc) is 2.68. The molecule has 1 atom stereocenters. The van der Waals surface area contributed by atoms with E-state index in [4.69, 9.17) is 0 Å². The number of hydrogen-bond donors (Lipinski definition) is 1. The van der Waals surface area contributed by atoms with Crippen LogP contribution in [0.5, 0.6) is 0 Å². The van der Waals surface area contributed by atoms with Crippen LogP contribution in [0.25, 0.3) is 0 Å². The van der Waals surface area contributed by atoms with Crippen LogP contribution in [0.1, 0.15) is 46.2 Å². The molecule has 0 amide bonds. The summed E-state index contributed by atoms with van der Waals surface area (Å²) in [4.78, 5) is 4.25. The van der Waals surface area contributed by atoms with Gasteiger partial charge in [0.15, 0.2) is 0 Å². The van der Waals surface area contributed by atoms with Crippen molar-refractivity contribution in [2.45, 2.75) is 40.7 Å². The van der Waals surface area contributed by atoms with E-state index in [1.807, 2.05) is 18.5 Å². The van der Waals surface area contributed by atoms with E-state index in [2.05, 4.69) is 51.0 Å². The Hall–Kier alpha value is -0.890. The van der Waals surface area contributed by atoms with E-state index in [0.29, 0.717) is 22.8 Å². The van der Waals surface area contributed by atoms with E-state index in [1.54, 1.807) is 0 Å². The second-order valence-corrected chi connectivity index (χ2v) is 6.24. The molecule has 2 heteroatoms. The molecule has 0 saturated heterocycles. The third kappa shape index (κ3) is 1.89. The summed E-state index contributed by atoms with van der Waals surface area (Å²) < 4.78 is 0. The Labute approximate surface area is 105 Å².